The third-order valence-electron chi connectivity index (χ3n) is 3.70. The zero-order valence-electron chi connectivity index (χ0n) is 12.4. The van der Waals surface area contributed by atoms with Crippen molar-refractivity contribution in [3.05, 3.63) is 35.0 Å². The molecule has 0 saturated carbocycles. The van der Waals surface area contributed by atoms with Crippen LogP contribution in [-0.4, -0.2) is 49.0 Å². The first kappa shape index (κ1) is 15.7. The monoisotopic (exact) mass is 341 g/mol. The summed E-state index contributed by atoms with van der Waals surface area (Å²) in [6, 6.07) is 5.36. The Kier molecular flexibility index (Phi) is 4.62. The highest BCUT2D eigenvalue weighted by Gasteiger charge is 2.27. The van der Waals surface area contributed by atoms with Crippen LogP contribution in [0.4, 0.5) is 0 Å². The summed E-state index contributed by atoms with van der Waals surface area (Å²) in [5.74, 6) is 0.798. The zero-order valence-corrected chi connectivity index (χ0v) is 14.1. The predicted octanol–water partition coefficient (Wildman–Crippen LogP) is 1.94. The SMILES string of the molecule is Cc1cc(CN2CCCN(S(=O)(=O)c3cccs3)CC2)no1. The molecule has 0 atom stereocenters. The van der Waals surface area contributed by atoms with E-state index in [2.05, 4.69) is 10.1 Å². The molecule has 3 rings (SSSR count). The third kappa shape index (κ3) is 3.40. The van der Waals surface area contributed by atoms with E-state index in [-0.39, 0.29) is 0 Å². The fourth-order valence-corrected chi connectivity index (χ4v) is 5.22. The van der Waals surface area contributed by atoms with Crippen LogP contribution in [0.15, 0.2) is 32.3 Å². The van der Waals surface area contributed by atoms with E-state index < -0.39 is 10.0 Å². The van der Waals surface area contributed by atoms with Crippen molar-refractivity contribution in [3.8, 4) is 0 Å². The molecule has 2 aromatic rings. The third-order valence-corrected chi connectivity index (χ3v) is 6.97. The average molecular weight is 341 g/mol. The smallest absolute Gasteiger partial charge is 0.252 e. The molecule has 0 N–H and O–H groups in total. The van der Waals surface area contributed by atoms with Gasteiger partial charge in [-0.1, -0.05) is 11.2 Å². The van der Waals surface area contributed by atoms with Crippen molar-refractivity contribution in [2.24, 2.45) is 0 Å². The number of thiophene rings is 1. The fourth-order valence-electron chi connectivity index (χ4n) is 2.60. The standard InChI is InChI=1S/C14H19N3O3S2/c1-12-10-13(15-20-12)11-16-5-3-6-17(8-7-16)22(18,19)14-4-2-9-21-14/h2,4,9-10H,3,5-8,11H2,1H3. The van der Waals surface area contributed by atoms with Gasteiger partial charge in [0.05, 0.1) is 5.69 Å². The van der Waals surface area contributed by atoms with Crippen LogP contribution in [-0.2, 0) is 16.6 Å². The molecule has 1 saturated heterocycles. The summed E-state index contributed by atoms with van der Waals surface area (Å²) in [4.78, 5) is 2.22. The highest BCUT2D eigenvalue weighted by atomic mass is 32.2. The quantitative estimate of drug-likeness (QED) is 0.850. The highest BCUT2D eigenvalue weighted by molar-refractivity contribution is 7.91. The Bertz CT molecular complexity index is 710. The van der Waals surface area contributed by atoms with Gasteiger partial charge in [-0.3, -0.25) is 4.90 Å². The molecule has 1 fully saturated rings. The lowest BCUT2D eigenvalue weighted by Crippen LogP contribution is -2.34. The molecule has 1 aliphatic heterocycles. The van der Waals surface area contributed by atoms with Crippen LogP contribution in [0, 0.1) is 6.92 Å². The first-order valence-electron chi connectivity index (χ1n) is 7.24. The van der Waals surface area contributed by atoms with E-state index in [9.17, 15) is 8.42 Å². The van der Waals surface area contributed by atoms with E-state index >= 15 is 0 Å². The molecule has 0 amide bonds. The summed E-state index contributed by atoms with van der Waals surface area (Å²) in [7, 11) is -3.34. The highest BCUT2D eigenvalue weighted by Crippen LogP contribution is 2.22. The molecule has 3 heterocycles. The average Bonchev–Trinajstić information content (AvgIpc) is 3.08. The Morgan fingerprint density at radius 2 is 2.18 bits per heavy atom. The van der Waals surface area contributed by atoms with Crippen molar-refractivity contribution in [2.45, 2.75) is 24.1 Å². The predicted molar refractivity (Wildman–Crippen MR) is 84.2 cm³/mol. The van der Waals surface area contributed by atoms with Crippen molar-refractivity contribution >= 4 is 21.4 Å². The van der Waals surface area contributed by atoms with Crippen LogP contribution < -0.4 is 0 Å². The Hall–Kier alpha value is -1.22. The van der Waals surface area contributed by atoms with Crippen LogP contribution >= 0.6 is 11.3 Å². The molecular formula is C14H19N3O3S2. The molecule has 0 radical (unpaired) electrons. The molecule has 0 unspecified atom stereocenters. The topological polar surface area (TPSA) is 66.7 Å². The Labute approximate surface area is 134 Å². The molecular weight excluding hydrogens is 322 g/mol. The second-order valence-electron chi connectivity index (χ2n) is 5.39. The summed E-state index contributed by atoms with van der Waals surface area (Å²) < 4.78 is 32.2. The largest absolute Gasteiger partial charge is 0.361 e. The van der Waals surface area contributed by atoms with Gasteiger partial charge in [0.2, 0.25) is 0 Å². The Balaban J connectivity index is 1.65. The Morgan fingerprint density at radius 1 is 1.32 bits per heavy atom. The summed E-state index contributed by atoms with van der Waals surface area (Å²) >= 11 is 1.27. The van der Waals surface area contributed by atoms with Gasteiger partial charge < -0.3 is 4.52 Å². The van der Waals surface area contributed by atoms with Gasteiger partial charge in [0.25, 0.3) is 10.0 Å². The van der Waals surface area contributed by atoms with Gasteiger partial charge in [-0.2, -0.15) is 4.31 Å². The van der Waals surface area contributed by atoms with Crippen LogP contribution in [0.25, 0.3) is 0 Å². The van der Waals surface area contributed by atoms with Crippen LogP contribution in [0.3, 0.4) is 0 Å². The summed E-state index contributed by atoms with van der Waals surface area (Å²) in [6.07, 6.45) is 0.821. The zero-order chi connectivity index (χ0) is 15.6. The first-order chi connectivity index (χ1) is 10.6. The number of nitrogens with zero attached hydrogens (tertiary/aromatic N) is 3. The molecule has 22 heavy (non-hydrogen) atoms. The maximum Gasteiger partial charge on any atom is 0.252 e. The van der Waals surface area contributed by atoms with Crippen molar-refractivity contribution in [1.82, 2.24) is 14.4 Å². The van der Waals surface area contributed by atoms with Gasteiger partial charge in [0.15, 0.2) is 0 Å². The first-order valence-corrected chi connectivity index (χ1v) is 9.56. The summed E-state index contributed by atoms with van der Waals surface area (Å²) in [5.41, 5.74) is 0.895. The van der Waals surface area contributed by atoms with Crippen LogP contribution in [0.2, 0.25) is 0 Å². The van der Waals surface area contributed by atoms with Gasteiger partial charge in [-0.15, -0.1) is 11.3 Å². The van der Waals surface area contributed by atoms with E-state index in [4.69, 9.17) is 4.52 Å². The van der Waals surface area contributed by atoms with Gasteiger partial charge >= 0.3 is 0 Å². The van der Waals surface area contributed by atoms with Gasteiger partial charge in [-0.25, -0.2) is 8.42 Å². The number of aryl methyl sites for hydroxylation is 1. The minimum absolute atomic E-state index is 0.424. The summed E-state index contributed by atoms with van der Waals surface area (Å²) in [5, 5.41) is 5.80. The second kappa shape index (κ2) is 6.49. The van der Waals surface area contributed by atoms with E-state index in [0.717, 1.165) is 24.4 Å². The molecule has 6 nitrogen and oxygen atoms in total. The molecule has 120 valence electrons. The fraction of sp³-hybridized carbons (Fsp3) is 0.500. The summed E-state index contributed by atoms with van der Waals surface area (Å²) in [6.45, 7) is 5.21. The molecule has 0 aromatic carbocycles. The van der Waals surface area contributed by atoms with Crippen molar-refractivity contribution in [3.63, 3.8) is 0 Å². The number of hydrogen-bond acceptors (Lipinski definition) is 6. The molecule has 2 aromatic heterocycles. The molecule has 0 bridgehead atoms. The van der Waals surface area contributed by atoms with E-state index in [0.29, 0.717) is 30.4 Å². The van der Waals surface area contributed by atoms with E-state index in [1.165, 1.54) is 11.3 Å². The lowest BCUT2D eigenvalue weighted by molar-refractivity contribution is 0.268. The van der Waals surface area contributed by atoms with E-state index in [1.807, 2.05) is 13.0 Å². The maximum atomic E-state index is 12.6. The minimum Gasteiger partial charge on any atom is -0.361 e. The lowest BCUT2D eigenvalue weighted by atomic mass is 10.3. The van der Waals surface area contributed by atoms with Gasteiger partial charge in [0, 0.05) is 32.2 Å². The second-order valence-corrected chi connectivity index (χ2v) is 8.51. The molecule has 0 spiro atoms. The molecule has 0 aliphatic carbocycles. The lowest BCUT2D eigenvalue weighted by Gasteiger charge is -2.20. The number of hydrogen-bond donors (Lipinski definition) is 0. The maximum absolute atomic E-state index is 12.6. The normalized spacial score (nSPS) is 18.4. The molecule has 1 aliphatic rings. The van der Waals surface area contributed by atoms with Crippen LogP contribution in [0.5, 0.6) is 0 Å². The Morgan fingerprint density at radius 3 is 2.86 bits per heavy atom. The van der Waals surface area contributed by atoms with E-state index in [1.54, 1.807) is 21.8 Å². The minimum atomic E-state index is -3.34. The van der Waals surface area contributed by atoms with Crippen molar-refractivity contribution in [2.75, 3.05) is 26.2 Å². The van der Waals surface area contributed by atoms with Crippen molar-refractivity contribution in [1.29, 1.82) is 0 Å². The van der Waals surface area contributed by atoms with Gasteiger partial charge in [0.1, 0.15) is 9.97 Å². The number of rotatable bonds is 4. The number of sulfonamides is 1. The van der Waals surface area contributed by atoms with Gasteiger partial charge in [-0.05, 0) is 31.3 Å². The number of aromatic nitrogens is 1. The molecule has 8 heteroatoms. The van der Waals surface area contributed by atoms with Crippen molar-refractivity contribution < 1.29 is 12.9 Å². The van der Waals surface area contributed by atoms with Crippen LogP contribution in [0.1, 0.15) is 17.9 Å².